The predicted molar refractivity (Wildman–Crippen MR) is 91.6 cm³/mol. The maximum atomic E-state index is 12.4. The lowest BCUT2D eigenvalue weighted by Crippen LogP contribution is -2.16. The molecule has 1 amide bonds. The molecule has 0 spiro atoms. The van der Waals surface area contributed by atoms with Crippen LogP contribution in [-0.4, -0.2) is 10.9 Å². The van der Waals surface area contributed by atoms with E-state index in [-0.39, 0.29) is 11.5 Å². The summed E-state index contributed by atoms with van der Waals surface area (Å²) in [6.45, 7) is 1.96. The van der Waals surface area contributed by atoms with Gasteiger partial charge in [-0.2, -0.15) is 0 Å². The number of aromatic nitrogens is 1. The molecule has 23 heavy (non-hydrogen) atoms. The SMILES string of the molecule is Cc1cccc(NC(=O)c2c[nH]c(=O)c(-c3ccccc3)c2)c1. The summed E-state index contributed by atoms with van der Waals surface area (Å²) in [5.74, 6) is -0.260. The Morgan fingerprint density at radius 1 is 1.00 bits per heavy atom. The van der Waals surface area contributed by atoms with E-state index in [2.05, 4.69) is 10.3 Å². The number of aromatic amines is 1. The molecule has 114 valence electrons. The molecule has 1 heterocycles. The van der Waals surface area contributed by atoms with E-state index < -0.39 is 0 Å². The number of hydrogen-bond acceptors (Lipinski definition) is 2. The van der Waals surface area contributed by atoms with Crippen molar-refractivity contribution in [3.63, 3.8) is 0 Å². The number of hydrogen-bond donors (Lipinski definition) is 2. The van der Waals surface area contributed by atoms with Gasteiger partial charge in [-0.05, 0) is 36.2 Å². The zero-order chi connectivity index (χ0) is 16.2. The van der Waals surface area contributed by atoms with E-state index in [4.69, 9.17) is 0 Å². The van der Waals surface area contributed by atoms with Gasteiger partial charge in [0.2, 0.25) is 0 Å². The molecule has 3 rings (SSSR count). The zero-order valence-electron chi connectivity index (χ0n) is 12.7. The molecule has 2 aromatic carbocycles. The third kappa shape index (κ3) is 3.37. The van der Waals surface area contributed by atoms with Crippen LogP contribution in [0.1, 0.15) is 15.9 Å². The Morgan fingerprint density at radius 3 is 2.52 bits per heavy atom. The number of amides is 1. The van der Waals surface area contributed by atoms with Gasteiger partial charge in [0.25, 0.3) is 11.5 Å². The van der Waals surface area contributed by atoms with Gasteiger partial charge in [-0.25, -0.2) is 0 Å². The minimum Gasteiger partial charge on any atom is -0.328 e. The van der Waals surface area contributed by atoms with Crippen LogP contribution >= 0.6 is 0 Å². The Balaban J connectivity index is 1.92. The molecule has 0 atom stereocenters. The summed E-state index contributed by atoms with van der Waals surface area (Å²) in [4.78, 5) is 27.0. The molecule has 0 aliphatic heterocycles. The van der Waals surface area contributed by atoms with Crippen LogP contribution in [0.25, 0.3) is 11.1 Å². The molecule has 0 saturated heterocycles. The van der Waals surface area contributed by atoms with Crippen LogP contribution in [0, 0.1) is 6.92 Å². The van der Waals surface area contributed by atoms with Crippen molar-refractivity contribution in [1.82, 2.24) is 4.98 Å². The van der Waals surface area contributed by atoms with E-state index in [0.29, 0.717) is 11.1 Å². The van der Waals surface area contributed by atoms with E-state index in [1.165, 1.54) is 6.20 Å². The minimum absolute atomic E-state index is 0.219. The third-order valence-electron chi connectivity index (χ3n) is 3.53. The van der Waals surface area contributed by atoms with Gasteiger partial charge in [0.1, 0.15) is 0 Å². The lowest BCUT2D eigenvalue weighted by molar-refractivity contribution is 0.102. The number of anilines is 1. The molecule has 0 aliphatic carbocycles. The maximum absolute atomic E-state index is 12.4. The number of aryl methyl sites for hydroxylation is 1. The molecule has 1 aromatic heterocycles. The van der Waals surface area contributed by atoms with Gasteiger partial charge in [0.15, 0.2) is 0 Å². The number of benzene rings is 2. The summed E-state index contributed by atoms with van der Waals surface area (Å²) in [6, 6.07) is 18.4. The molecule has 0 fully saturated rings. The first-order chi connectivity index (χ1) is 11.1. The van der Waals surface area contributed by atoms with E-state index in [1.54, 1.807) is 6.07 Å². The van der Waals surface area contributed by atoms with Gasteiger partial charge in [-0.15, -0.1) is 0 Å². The molecular weight excluding hydrogens is 288 g/mol. The molecule has 3 aromatic rings. The van der Waals surface area contributed by atoms with E-state index in [1.807, 2.05) is 61.5 Å². The molecule has 4 heteroatoms. The average molecular weight is 304 g/mol. The largest absolute Gasteiger partial charge is 0.328 e. The fourth-order valence-electron chi connectivity index (χ4n) is 2.37. The average Bonchev–Trinajstić information content (AvgIpc) is 2.56. The summed E-state index contributed by atoms with van der Waals surface area (Å²) in [5.41, 5.74) is 3.23. The second-order valence-corrected chi connectivity index (χ2v) is 5.32. The maximum Gasteiger partial charge on any atom is 0.257 e. The van der Waals surface area contributed by atoms with Crippen molar-refractivity contribution in [2.24, 2.45) is 0 Å². The molecule has 0 bridgehead atoms. The lowest BCUT2D eigenvalue weighted by Gasteiger charge is -2.07. The molecule has 4 nitrogen and oxygen atoms in total. The number of carbonyl (C=O) groups excluding carboxylic acids is 1. The first kappa shape index (κ1) is 14.8. The third-order valence-corrected chi connectivity index (χ3v) is 3.53. The molecule has 0 aliphatic rings. The Morgan fingerprint density at radius 2 is 1.78 bits per heavy atom. The Bertz CT molecular complexity index is 898. The fourth-order valence-corrected chi connectivity index (χ4v) is 2.37. The van der Waals surface area contributed by atoms with Crippen molar-refractivity contribution in [2.75, 3.05) is 5.32 Å². The second-order valence-electron chi connectivity index (χ2n) is 5.32. The highest BCUT2D eigenvalue weighted by Crippen LogP contribution is 2.17. The van der Waals surface area contributed by atoms with Gasteiger partial charge in [0.05, 0.1) is 5.56 Å². The van der Waals surface area contributed by atoms with Gasteiger partial charge >= 0.3 is 0 Å². The van der Waals surface area contributed by atoms with Crippen LogP contribution < -0.4 is 10.9 Å². The van der Waals surface area contributed by atoms with E-state index in [0.717, 1.165) is 16.8 Å². The standard InChI is InChI=1S/C19H16N2O2/c1-13-6-5-9-16(10-13)21-18(22)15-11-17(19(23)20-12-15)14-7-3-2-4-8-14/h2-12H,1H3,(H,20,23)(H,21,22). The van der Waals surface area contributed by atoms with Crippen LogP contribution in [0.2, 0.25) is 0 Å². The first-order valence-electron chi connectivity index (χ1n) is 7.29. The van der Waals surface area contributed by atoms with Gasteiger partial charge < -0.3 is 10.3 Å². The number of H-pyrrole nitrogens is 1. The normalized spacial score (nSPS) is 10.3. The zero-order valence-corrected chi connectivity index (χ0v) is 12.7. The quantitative estimate of drug-likeness (QED) is 0.776. The highest BCUT2D eigenvalue weighted by atomic mass is 16.1. The second kappa shape index (κ2) is 6.32. The van der Waals surface area contributed by atoms with Gasteiger partial charge in [-0.1, -0.05) is 42.5 Å². The van der Waals surface area contributed by atoms with Gasteiger partial charge in [-0.3, -0.25) is 9.59 Å². The number of carbonyl (C=O) groups is 1. The fraction of sp³-hybridized carbons (Fsp3) is 0.0526. The smallest absolute Gasteiger partial charge is 0.257 e. The number of pyridine rings is 1. The molecular formula is C19H16N2O2. The summed E-state index contributed by atoms with van der Waals surface area (Å²) in [7, 11) is 0. The van der Waals surface area contributed by atoms with E-state index in [9.17, 15) is 9.59 Å². The van der Waals surface area contributed by atoms with Crippen molar-refractivity contribution >= 4 is 11.6 Å². The van der Waals surface area contributed by atoms with Crippen molar-refractivity contribution in [3.05, 3.63) is 88.3 Å². The first-order valence-corrected chi connectivity index (χ1v) is 7.29. The highest BCUT2D eigenvalue weighted by Gasteiger charge is 2.10. The van der Waals surface area contributed by atoms with Crippen LogP contribution in [0.5, 0.6) is 0 Å². The Kier molecular flexibility index (Phi) is 4.06. The Labute approximate surface area is 133 Å². The lowest BCUT2D eigenvalue weighted by atomic mass is 10.1. The molecule has 0 saturated carbocycles. The van der Waals surface area contributed by atoms with Crippen molar-refractivity contribution in [2.45, 2.75) is 6.92 Å². The number of nitrogens with one attached hydrogen (secondary N) is 2. The number of rotatable bonds is 3. The van der Waals surface area contributed by atoms with Gasteiger partial charge in [0, 0.05) is 17.4 Å². The molecule has 0 radical (unpaired) electrons. The van der Waals surface area contributed by atoms with Crippen LogP contribution in [0.3, 0.4) is 0 Å². The molecule has 2 N–H and O–H groups in total. The van der Waals surface area contributed by atoms with Crippen LogP contribution in [0.4, 0.5) is 5.69 Å². The molecule has 0 unspecified atom stereocenters. The van der Waals surface area contributed by atoms with Crippen molar-refractivity contribution in [1.29, 1.82) is 0 Å². The van der Waals surface area contributed by atoms with Crippen LogP contribution in [0.15, 0.2) is 71.7 Å². The summed E-state index contributed by atoms with van der Waals surface area (Å²) in [6.07, 6.45) is 1.43. The summed E-state index contributed by atoms with van der Waals surface area (Å²) < 4.78 is 0. The highest BCUT2D eigenvalue weighted by molar-refractivity contribution is 6.04. The van der Waals surface area contributed by atoms with E-state index >= 15 is 0 Å². The summed E-state index contributed by atoms with van der Waals surface area (Å²) >= 11 is 0. The Hall–Kier alpha value is -3.14. The van der Waals surface area contributed by atoms with Crippen molar-refractivity contribution in [3.8, 4) is 11.1 Å². The minimum atomic E-state index is -0.260. The predicted octanol–water partition coefficient (Wildman–Crippen LogP) is 3.60. The summed E-state index contributed by atoms with van der Waals surface area (Å²) in [5, 5.41) is 2.84. The van der Waals surface area contributed by atoms with Crippen LogP contribution in [-0.2, 0) is 0 Å². The topological polar surface area (TPSA) is 62.0 Å². The van der Waals surface area contributed by atoms with Crippen molar-refractivity contribution < 1.29 is 4.79 Å². The monoisotopic (exact) mass is 304 g/mol.